The van der Waals surface area contributed by atoms with Crippen LogP contribution >= 0.6 is 39.7 Å². The maximum absolute atomic E-state index is 11.8. The first-order valence-electron chi connectivity index (χ1n) is 6.80. The topological polar surface area (TPSA) is 59.6 Å². The van der Waals surface area contributed by atoms with Crippen LogP contribution in [-0.4, -0.2) is 24.7 Å². The normalized spacial score (nSPS) is 9.96. The average Bonchev–Trinajstić information content (AvgIpc) is 2.54. The Morgan fingerprint density at radius 1 is 1.25 bits per heavy atom. The molecule has 0 aromatic heterocycles. The molecule has 0 atom stereocenters. The highest BCUT2D eigenvalue weighted by Gasteiger charge is 2.07. The minimum absolute atomic E-state index is 0.157. The molecule has 0 spiro atoms. The van der Waals surface area contributed by atoms with E-state index in [0.717, 1.165) is 4.47 Å². The number of halogens is 2. The summed E-state index contributed by atoms with van der Waals surface area (Å²) in [5.74, 6) is 0.884. The van der Waals surface area contributed by atoms with E-state index in [9.17, 15) is 4.79 Å². The van der Waals surface area contributed by atoms with Gasteiger partial charge in [0, 0.05) is 10.7 Å². The van der Waals surface area contributed by atoms with Crippen molar-refractivity contribution in [3.63, 3.8) is 0 Å². The molecule has 0 heterocycles. The molecule has 0 saturated heterocycles. The largest absolute Gasteiger partial charge is 0.496 e. The standard InChI is InChI=1S/C16H14BrClN2O3S/c1-22-14-7-4-11(8-13(14)17)19-16(24)20-15(21)9-23-12-5-2-10(18)3-6-12/h2-8H,9H2,1H3,(H2,19,20,21,24). The van der Waals surface area contributed by atoms with Gasteiger partial charge in [0.1, 0.15) is 11.5 Å². The lowest BCUT2D eigenvalue weighted by Crippen LogP contribution is -2.37. The van der Waals surface area contributed by atoms with Crippen molar-refractivity contribution in [2.45, 2.75) is 0 Å². The van der Waals surface area contributed by atoms with Gasteiger partial charge in [0.05, 0.1) is 11.6 Å². The van der Waals surface area contributed by atoms with E-state index < -0.39 is 0 Å². The lowest BCUT2D eigenvalue weighted by atomic mass is 10.3. The van der Waals surface area contributed by atoms with Crippen LogP contribution in [0, 0.1) is 0 Å². The molecule has 0 unspecified atom stereocenters. The molecule has 2 N–H and O–H groups in total. The summed E-state index contributed by atoms with van der Waals surface area (Å²) in [6.45, 7) is -0.157. The summed E-state index contributed by atoms with van der Waals surface area (Å²) in [6, 6.07) is 12.1. The van der Waals surface area contributed by atoms with Crippen LogP contribution in [0.25, 0.3) is 0 Å². The fourth-order valence-electron chi connectivity index (χ4n) is 1.75. The van der Waals surface area contributed by atoms with Gasteiger partial charge in [0.25, 0.3) is 5.91 Å². The SMILES string of the molecule is COc1ccc(NC(=S)NC(=O)COc2ccc(Cl)cc2)cc1Br. The van der Waals surface area contributed by atoms with Gasteiger partial charge in [-0.05, 0) is 70.6 Å². The number of amides is 1. The number of hydrogen-bond acceptors (Lipinski definition) is 4. The summed E-state index contributed by atoms with van der Waals surface area (Å²) >= 11 is 14.3. The summed E-state index contributed by atoms with van der Waals surface area (Å²) in [4.78, 5) is 11.8. The van der Waals surface area contributed by atoms with E-state index in [1.807, 2.05) is 0 Å². The summed E-state index contributed by atoms with van der Waals surface area (Å²) in [6.07, 6.45) is 0. The van der Waals surface area contributed by atoms with Gasteiger partial charge in [-0.15, -0.1) is 0 Å². The van der Waals surface area contributed by atoms with Crippen LogP contribution in [0.15, 0.2) is 46.9 Å². The molecule has 0 fully saturated rings. The van der Waals surface area contributed by atoms with Crippen molar-refractivity contribution < 1.29 is 14.3 Å². The Labute approximate surface area is 158 Å². The highest BCUT2D eigenvalue weighted by atomic mass is 79.9. The first-order valence-corrected chi connectivity index (χ1v) is 8.38. The number of hydrogen-bond donors (Lipinski definition) is 2. The molecule has 126 valence electrons. The molecule has 0 bridgehead atoms. The minimum atomic E-state index is -0.366. The van der Waals surface area contributed by atoms with E-state index in [1.165, 1.54) is 0 Å². The molecule has 2 aromatic rings. The third-order valence-electron chi connectivity index (χ3n) is 2.85. The highest BCUT2D eigenvalue weighted by Crippen LogP contribution is 2.27. The van der Waals surface area contributed by atoms with E-state index >= 15 is 0 Å². The molecule has 0 radical (unpaired) electrons. The molecule has 2 aromatic carbocycles. The van der Waals surface area contributed by atoms with Crippen LogP contribution < -0.4 is 20.1 Å². The number of carbonyl (C=O) groups is 1. The summed E-state index contributed by atoms with van der Waals surface area (Å²) in [7, 11) is 1.58. The van der Waals surface area contributed by atoms with Gasteiger partial charge in [-0.3, -0.25) is 10.1 Å². The van der Waals surface area contributed by atoms with Crippen LogP contribution in [0.4, 0.5) is 5.69 Å². The maximum Gasteiger partial charge on any atom is 0.264 e. The Hall–Kier alpha value is -1.83. The van der Waals surface area contributed by atoms with Crippen molar-refractivity contribution in [2.75, 3.05) is 19.0 Å². The summed E-state index contributed by atoms with van der Waals surface area (Å²) in [5.41, 5.74) is 0.714. The van der Waals surface area contributed by atoms with E-state index in [1.54, 1.807) is 49.6 Å². The lowest BCUT2D eigenvalue weighted by molar-refractivity contribution is -0.121. The first kappa shape index (κ1) is 18.5. The number of methoxy groups -OCH3 is 1. The lowest BCUT2D eigenvalue weighted by Gasteiger charge is -2.11. The molecule has 0 saturated carbocycles. The van der Waals surface area contributed by atoms with Crippen molar-refractivity contribution in [3.8, 4) is 11.5 Å². The number of anilines is 1. The van der Waals surface area contributed by atoms with Gasteiger partial charge in [0.15, 0.2) is 11.7 Å². The quantitative estimate of drug-likeness (QED) is 0.704. The van der Waals surface area contributed by atoms with Crippen LogP contribution in [0.2, 0.25) is 5.02 Å². The Morgan fingerprint density at radius 3 is 2.58 bits per heavy atom. The van der Waals surface area contributed by atoms with Crippen molar-refractivity contribution in [1.29, 1.82) is 0 Å². The van der Waals surface area contributed by atoms with E-state index in [-0.39, 0.29) is 17.6 Å². The molecule has 0 aliphatic heterocycles. The average molecular weight is 430 g/mol. The predicted molar refractivity (Wildman–Crippen MR) is 102 cm³/mol. The molecule has 1 amide bonds. The monoisotopic (exact) mass is 428 g/mol. The predicted octanol–water partition coefficient (Wildman–Crippen LogP) is 4.00. The second-order valence-corrected chi connectivity index (χ2v) is 6.29. The zero-order chi connectivity index (χ0) is 17.5. The summed E-state index contributed by atoms with van der Waals surface area (Å²) in [5, 5.41) is 6.23. The number of benzene rings is 2. The number of thiocarbonyl (C=S) groups is 1. The van der Waals surface area contributed by atoms with E-state index in [4.69, 9.17) is 33.3 Å². The second kappa shape index (κ2) is 8.86. The van der Waals surface area contributed by atoms with Gasteiger partial charge in [0.2, 0.25) is 0 Å². The van der Waals surface area contributed by atoms with Crippen LogP contribution in [-0.2, 0) is 4.79 Å². The Bertz CT molecular complexity index is 741. The number of carbonyl (C=O) groups excluding carboxylic acids is 1. The zero-order valence-electron chi connectivity index (χ0n) is 12.6. The molecule has 2 rings (SSSR count). The van der Waals surface area contributed by atoms with Crippen molar-refractivity contribution in [3.05, 3.63) is 52.0 Å². The van der Waals surface area contributed by atoms with Crippen LogP contribution in [0.5, 0.6) is 11.5 Å². The maximum atomic E-state index is 11.8. The van der Waals surface area contributed by atoms with Gasteiger partial charge in [-0.2, -0.15) is 0 Å². The third-order valence-corrected chi connectivity index (χ3v) is 3.92. The zero-order valence-corrected chi connectivity index (χ0v) is 15.8. The molecular formula is C16H14BrClN2O3S. The molecule has 8 heteroatoms. The van der Waals surface area contributed by atoms with Crippen molar-refractivity contribution >= 4 is 56.5 Å². The van der Waals surface area contributed by atoms with Gasteiger partial charge >= 0.3 is 0 Å². The first-order chi connectivity index (χ1) is 11.5. The van der Waals surface area contributed by atoms with Crippen LogP contribution in [0.3, 0.4) is 0 Å². The second-order valence-electron chi connectivity index (χ2n) is 4.59. The van der Waals surface area contributed by atoms with Crippen LogP contribution in [0.1, 0.15) is 0 Å². The van der Waals surface area contributed by atoms with Crippen molar-refractivity contribution in [1.82, 2.24) is 5.32 Å². The van der Waals surface area contributed by atoms with Crippen molar-refractivity contribution in [2.24, 2.45) is 0 Å². The highest BCUT2D eigenvalue weighted by molar-refractivity contribution is 9.10. The summed E-state index contributed by atoms with van der Waals surface area (Å²) < 4.78 is 11.3. The third kappa shape index (κ3) is 5.67. The number of ether oxygens (including phenoxy) is 2. The molecule has 24 heavy (non-hydrogen) atoms. The smallest absolute Gasteiger partial charge is 0.264 e. The number of nitrogens with one attached hydrogen (secondary N) is 2. The molecule has 0 aliphatic rings. The molecular weight excluding hydrogens is 416 g/mol. The van der Waals surface area contributed by atoms with Gasteiger partial charge in [-0.25, -0.2) is 0 Å². The van der Waals surface area contributed by atoms with E-state index in [2.05, 4.69) is 26.6 Å². The van der Waals surface area contributed by atoms with E-state index in [0.29, 0.717) is 22.2 Å². The van der Waals surface area contributed by atoms with Gasteiger partial charge < -0.3 is 14.8 Å². The number of rotatable bonds is 5. The minimum Gasteiger partial charge on any atom is -0.496 e. The Balaban J connectivity index is 1.82. The Morgan fingerprint density at radius 2 is 1.96 bits per heavy atom. The molecule has 0 aliphatic carbocycles. The van der Waals surface area contributed by atoms with Gasteiger partial charge in [-0.1, -0.05) is 11.6 Å². The fourth-order valence-corrected chi connectivity index (χ4v) is 2.65. The fraction of sp³-hybridized carbons (Fsp3) is 0.125. The Kier molecular flexibility index (Phi) is 6.84. The molecule has 5 nitrogen and oxygen atoms in total.